The van der Waals surface area contributed by atoms with E-state index in [9.17, 15) is 4.79 Å². The van der Waals surface area contributed by atoms with Crippen LogP contribution in [-0.2, 0) is 4.79 Å². The second-order valence-electron chi connectivity index (χ2n) is 4.95. The van der Waals surface area contributed by atoms with Crippen LogP contribution in [0.4, 0.5) is 0 Å². The molecular weight excluding hydrogens is 214 g/mol. The molecule has 4 heteroatoms. The van der Waals surface area contributed by atoms with Crippen molar-refractivity contribution in [3.8, 4) is 0 Å². The minimum Gasteiger partial charge on any atom is -0.342 e. The highest BCUT2D eigenvalue weighted by Gasteiger charge is 2.39. The molecule has 0 saturated carbocycles. The second-order valence-corrected chi connectivity index (χ2v) is 4.95. The van der Waals surface area contributed by atoms with Crippen molar-refractivity contribution in [3.63, 3.8) is 0 Å². The second kappa shape index (κ2) is 6.62. The number of carbonyl (C=O) groups excluding carboxylic acids is 1. The molecule has 1 atom stereocenters. The summed E-state index contributed by atoms with van der Waals surface area (Å²) < 4.78 is 0. The summed E-state index contributed by atoms with van der Waals surface area (Å²) in [4.78, 5) is 16.2. The molecule has 4 nitrogen and oxygen atoms in total. The summed E-state index contributed by atoms with van der Waals surface area (Å²) in [6.45, 7) is 6.99. The van der Waals surface area contributed by atoms with E-state index in [1.807, 2.05) is 6.92 Å². The Morgan fingerprint density at radius 3 is 2.59 bits per heavy atom. The molecule has 98 valence electrons. The van der Waals surface area contributed by atoms with Crippen LogP contribution in [0.5, 0.6) is 0 Å². The number of aliphatic imine (C=N–C) groups is 1. The number of carbonyl (C=O) groups is 1. The van der Waals surface area contributed by atoms with Crippen LogP contribution in [0.1, 0.15) is 59.3 Å². The maximum atomic E-state index is 11.9. The molecule has 1 heterocycles. The first kappa shape index (κ1) is 14.0. The minimum absolute atomic E-state index is 0.0591. The Kier molecular flexibility index (Phi) is 5.45. The first-order chi connectivity index (χ1) is 8.12. The summed E-state index contributed by atoms with van der Waals surface area (Å²) in [6.07, 6.45) is 6.63. The van der Waals surface area contributed by atoms with Crippen LogP contribution < -0.4 is 10.6 Å². The molecule has 0 aliphatic carbocycles. The van der Waals surface area contributed by atoms with Crippen LogP contribution in [0.15, 0.2) is 4.99 Å². The monoisotopic (exact) mass is 239 g/mol. The molecule has 1 aliphatic heterocycles. The lowest BCUT2D eigenvalue weighted by atomic mass is 9.94. The summed E-state index contributed by atoms with van der Waals surface area (Å²) in [7, 11) is 0. The van der Waals surface area contributed by atoms with E-state index in [0.29, 0.717) is 5.96 Å². The lowest BCUT2D eigenvalue weighted by molar-refractivity contribution is -0.123. The molecule has 1 rings (SSSR count). The van der Waals surface area contributed by atoms with E-state index >= 15 is 0 Å². The molecule has 0 aromatic rings. The molecule has 0 spiro atoms. The summed E-state index contributed by atoms with van der Waals surface area (Å²) in [6, 6.07) is 0. The van der Waals surface area contributed by atoms with Crippen LogP contribution in [0, 0.1) is 0 Å². The van der Waals surface area contributed by atoms with Gasteiger partial charge in [0.05, 0.1) is 0 Å². The van der Waals surface area contributed by atoms with Gasteiger partial charge in [0.15, 0.2) is 5.96 Å². The topological polar surface area (TPSA) is 53.5 Å². The molecule has 1 amide bonds. The van der Waals surface area contributed by atoms with Crippen molar-refractivity contribution in [2.45, 2.75) is 64.8 Å². The van der Waals surface area contributed by atoms with Crippen molar-refractivity contribution in [2.24, 2.45) is 4.99 Å². The molecular formula is C13H25N3O. The highest BCUT2D eigenvalue weighted by molar-refractivity contribution is 6.08. The zero-order chi connectivity index (χ0) is 12.7. The Morgan fingerprint density at radius 2 is 1.94 bits per heavy atom. The third-order valence-electron chi connectivity index (χ3n) is 3.15. The van der Waals surface area contributed by atoms with E-state index < -0.39 is 5.54 Å². The van der Waals surface area contributed by atoms with Crippen molar-refractivity contribution in [3.05, 3.63) is 0 Å². The van der Waals surface area contributed by atoms with Crippen molar-refractivity contribution < 1.29 is 4.79 Å². The molecule has 2 N–H and O–H groups in total. The quantitative estimate of drug-likeness (QED) is 0.669. The predicted octanol–water partition coefficient (Wildman–Crippen LogP) is 2.20. The van der Waals surface area contributed by atoms with Crippen molar-refractivity contribution in [1.82, 2.24) is 10.6 Å². The van der Waals surface area contributed by atoms with E-state index in [2.05, 4.69) is 29.5 Å². The third-order valence-corrected chi connectivity index (χ3v) is 3.15. The van der Waals surface area contributed by atoms with E-state index in [0.717, 1.165) is 25.8 Å². The number of amides is 1. The van der Waals surface area contributed by atoms with Gasteiger partial charge in [0.2, 0.25) is 0 Å². The smallest absolute Gasteiger partial charge is 0.252 e. The van der Waals surface area contributed by atoms with E-state index in [4.69, 9.17) is 0 Å². The number of guanidine groups is 1. The third kappa shape index (κ3) is 4.02. The molecule has 0 radical (unpaired) electrons. The Bertz CT molecular complexity index is 288. The average Bonchev–Trinajstić information content (AvgIpc) is 2.58. The van der Waals surface area contributed by atoms with Gasteiger partial charge in [-0.05, 0) is 19.8 Å². The van der Waals surface area contributed by atoms with E-state index in [-0.39, 0.29) is 5.91 Å². The average molecular weight is 239 g/mol. The van der Waals surface area contributed by atoms with Gasteiger partial charge in [0, 0.05) is 6.54 Å². The molecule has 1 saturated heterocycles. The SMILES string of the molecule is CCCCCCC1(C)NC(=NCCC)NC1=O. The minimum atomic E-state index is -0.458. The van der Waals surface area contributed by atoms with Crippen LogP contribution in [0.2, 0.25) is 0 Å². The van der Waals surface area contributed by atoms with Gasteiger partial charge >= 0.3 is 0 Å². The van der Waals surface area contributed by atoms with Gasteiger partial charge in [-0.25, -0.2) is 0 Å². The molecule has 0 bridgehead atoms. The van der Waals surface area contributed by atoms with Crippen LogP contribution in [-0.4, -0.2) is 24.0 Å². The lowest BCUT2D eigenvalue weighted by Gasteiger charge is -2.20. The molecule has 1 unspecified atom stereocenters. The van der Waals surface area contributed by atoms with Crippen LogP contribution in [0.25, 0.3) is 0 Å². The van der Waals surface area contributed by atoms with Crippen molar-refractivity contribution in [2.75, 3.05) is 6.54 Å². The van der Waals surface area contributed by atoms with Crippen molar-refractivity contribution >= 4 is 11.9 Å². The zero-order valence-corrected chi connectivity index (χ0v) is 11.3. The Labute approximate surface area is 104 Å². The molecule has 1 aliphatic rings. The fourth-order valence-electron chi connectivity index (χ4n) is 1.98. The molecule has 0 aromatic heterocycles. The maximum absolute atomic E-state index is 11.9. The highest BCUT2D eigenvalue weighted by Crippen LogP contribution is 2.18. The molecule has 17 heavy (non-hydrogen) atoms. The first-order valence-corrected chi connectivity index (χ1v) is 6.76. The summed E-state index contributed by atoms with van der Waals surface area (Å²) in [5, 5.41) is 6.04. The lowest BCUT2D eigenvalue weighted by Crippen LogP contribution is -2.43. The Hall–Kier alpha value is -1.06. The van der Waals surface area contributed by atoms with Crippen LogP contribution in [0.3, 0.4) is 0 Å². The molecule has 0 aromatic carbocycles. The summed E-state index contributed by atoms with van der Waals surface area (Å²) >= 11 is 0. The fraction of sp³-hybridized carbons (Fsp3) is 0.846. The van der Waals surface area contributed by atoms with Gasteiger partial charge in [0.1, 0.15) is 5.54 Å². The number of rotatable bonds is 7. The number of nitrogens with zero attached hydrogens (tertiary/aromatic N) is 1. The summed E-state index contributed by atoms with van der Waals surface area (Å²) in [5.74, 6) is 0.707. The van der Waals surface area contributed by atoms with Crippen LogP contribution >= 0.6 is 0 Å². The Balaban J connectivity index is 2.44. The van der Waals surface area contributed by atoms with Gasteiger partial charge < -0.3 is 5.32 Å². The van der Waals surface area contributed by atoms with Gasteiger partial charge in [-0.3, -0.25) is 15.1 Å². The van der Waals surface area contributed by atoms with E-state index in [1.165, 1.54) is 19.3 Å². The summed E-state index contributed by atoms with van der Waals surface area (Å²) in [5.41, 5.74) is -0.458. The van der Waals surface area contributed by atoms with Crippen molar-refractivity contribution in [1.29, 1.82) is 0 Å². The van der Waals surface area contributed by atoms with Gasteiger partial charge in [0.25, 0.3) is 5.91 Å². The van der Waals surface area contributed by atoms with Gasteiger partial charge in [-0.15, -0.1) is 0 Å². The first-order valence-electron chi connectivity index (χ1n) is 6.76. The molecule has 1 fully saturated rings. The number of hydrogen-bond donors (Lipinski definition) is 2. The van der Waals surface area contributed by atoms with E-state index in [1.54, 1.807) is 0 Å². The zero-order valence-electron chi connectivity index (χ0n) is 11.3. The normalized spacial score (nSPS) is 26.1. The largest absolute Gasteiger partial charge is 0.342 e. The highest BCUT2D eigenvalue weighted by atomic mass is 16.2. The number of hydrogen-bond acceptors (Lipinski definition) is 2. The number of unbranched alkanes of at least 4 members (excludes halogenated alkanes) is 3. The Morgan fingerprint density at radius 1 is 1.18 bits per heavy atom. The maximum Gasteiger partial charge on any atom is 0.252 e. The van der Waals surface area contributed by atoms with Gasteiger partial charge in [-0.2, -0.15) is 0 Å². The standard InChI is InChI=1S/C13H25N3O/c1-4-6-7-8-9-13(3)11(17)15-12(16-13)14-10-5-2/h4-10H2,1-3H3,(H2,14,15,16,17). The number of nitrogens with one attached hydrogen (secondary N) is 2. The van der Waals surface area contributed by atoms with Gasteiger partial charge in [-0.1, -0.05) is 39.5 Å². The predicted molar refractivity (Wildman–Crippen MR) is 71.0 cm³/mol. The fourth-order valence-corrected chi connectivity index (χ4v) is 1.98.